The molecule has 1 aliphatic heterocycles. The van der Waals surface area contributed by atoms with Crippen molar-refractivity contribution in [3.05, 3.63) is 71.7 Å². The van der Waals surface area contributed by atoms with Gasteiger partial charge in [-0.05, 0) is 64.3 Å². The third kappa shape index (κ3) is 6.36. The number of benzene rings is 1. The van der Waals surface area contributed by atoms with Crippen molar-refractivity contribution in [3.63, 3.8) is 0 Å². The minimum Gasteiger partial charge on any atom is -0.444 e. The number of halogens is 2. The molecule has 0 spiro atoms. The number of rotatable bonds is 6. The number of amides is 3. The third-order valence-electron chi connectivity index (χ3n) is 7.12. The number of piperidine rings is 1. The zero-order valence-electron chi connectivity index (χ0n) is 22.9. The van der Waals surface area contributed by atoms with E-state index in [9.17, 15) is 23.2 Å². The van der Waals surface area contributed by atoms with Gasteiger partial charge in [-0.15, -0.1) is 0 Å². The Morgan fingerprint density at radius 2 is 1.90 bits per heavy atom. The fourth-order valence-corrected chi connectivity index (χ4v) is 4.87. The fourth-order valence-electron chi connectivity index (χ4n) is 4.87. The number of likely N-dealkylation sites (tertiary alicyclic amines) is 1. The molecule has 2 atom stereocenters. The summed E-state index contributed by atoms with van der Waals surface area (Å²) in [6.07, 6.45) is 2.83. The summed E-state index contributed by atoms with van der Waals surface area (Å²) in [5, 5.41) is 9.68. The molecule has 1 saturated carbocycles. The topological polar surface area (TPSA) is 127 Å². The van der Waals surface area contributed by atoms with Gasteiger partial charge in [0.25, 0.3) is 5.91 Å². The van der Waals surface area contributed by atoms with E-state index in [1.54, 1.807) is 33.0 Å². The minimum atomic E-state index is -0.860. The van der Waals surface area contributed by atoms with Crippen LogP contribution in [0.4, 0.5) is 13.6 Å². The van der Waals surface area contributed by atoms with Crippen LogP contribution in [0.3, 0.4) is 0 Å². The lowest BCUT2D eigenvalue weighted by Gasteiger charge is -2.39. The van der Waals surface area contributed by atoms with Gasteiger partial charge in [0.15, 0.2) is 11.5 Å². The molecule has 12 heteroatoms. The molecule has 1 saturated heterocycles. The van der Waals surface area contributed by atoms with Crippen LogP contribution >= 0.6 is 0 Å². The number of nitrogens with zero attached hydrogens (tertiary/aromatic N) is 3. The number of carbonyl (C=O) groups excluding carboxylic acids is 3. The Bertz CT molecular complexity index is 1450. The van der Waals surface area contributed by atoms with Crippen molar-refractivity contribution in [2.24, 2.45) is 5.92 Å². The Hall–Kier alpha value is -4.35. The van der Waals surface area contributed by atoms with E-state index in [0.717, 1.165) is 24.6 Å². The molecule has 0 bridgehead atoms. The second kappa shape index (κ2) is 10.9. The van der Waals surface area contributed by atoms with Crippen LogP contribution in [0.15, 0.2) is 53.2 Å². The maximum atomic E-state index is 14.2. The maximum absolute atomic E-state index is 14.2. The van der Waals surface area contributed by atoms with E-state index in [2.05, 4.69) is 20.8 Å². The second-order valence-electron chi connectivity index (χ2n) is 11.4. The predicted molar refractivity (Wildman–Crippen MR) is 142 cm³/mol. The van der Waals surface area contributed by atoms with Gasteiger partial charge in [0.1, 0.15) is 17.2 Å². The van der Waals surface area contributed by atoms with Crippen LogP contribution in [-0.2, 0) is 15.1 Å². The highest BCUT2D eigenvalue weighted by Crippen LogP contribution is 2.44. The molecular formula is C29H31F2N5O5. The van der Waals surface area contributed by atoms with Crippen LogP contribution < -0.4 is 10.6 Å². The molecule has 2 aliphatic rings. The van der Waals surface area contributed by atoms with Crippen molar-refractivity contribution < 1.29 is 32.4 Å². The van der Waals surface area contributed by atoms with Crippen molar-refractivity contribution in [1.82, 2.24) is 25.7 Å². The average molecular weight is 568 g/mol. The van der Waals surface area contributed by atoms with E-state index >= 15 is 0 Å². The Balaban J connectivity index is 1.34. The fraction of sp³-hybridized carbons (Fsp3) is 0.414. The van der Waals surface area contributed by atoms with Gasteiger partial charge in [0.05, 0.1) is 22.7 Å². The Morgan fingerprint density at radius 1 is 1.12 bits per heavy atom. The summed E-state index contributed by atoms with van der Waals surface area (Å²) >= 11 is 0. The SMILES string of the molecule is CC(C)(C)OC(=O)N1CC[C@H](NC(=O)c2cc(-c3ccc(F)cc3F)on2)[C@@H](C(=O)NC2(c3ccccn3)CC2)C1. The van der Waals surface area contributed by atoms with Crippen molar-refractivity contribution in [2.45, 2.75) is 57.2 Å². The van der Waals surface area contributed by atoms with Gasteiger partial charge in [-0.1, -0.05) is 11.2 Å². The summed E-state index contributed by atoms with van der Waals surface area (Å²) in [5.74, 6) is -3.43. The molecule has 3 aromatic rings. The van der Waals surface area contributed by atoms with Gasteiger partial charge in [-0.2, -0.15) is 0 Å². The highest BCUT2D eigenvalue weighted by molar-refractivity contribution is 5.94. The van der Waals surface area contributed by atoms with Gasteiger partial charge < -0.3 is 24.8 Å². The molecule has 41 heavy (non-hydrogen) atoms. The van der Waals surface area contributed by atoms with E-state index in [0.29, 0.717) is 6.07 Å². The minimum absolute atomic E-state index is 0.0227. The first-order chi connectivity index (χ1) is 19.4. The molecule has 0 radical (unpaired) electrons. The standard InChI is InChI=1S/C29H31F2N5O5/c1-28(2,3)40-27(39)36-13-9-21(19(16-36)25(37)34-29(10-11-29)24-6-4-5-12-32-24)33-26(38)22-15-23(41-35-22)18-8-7-17(30)14-20(18)31/h4-8,12,14-15,19,21H,9-11,13,16H2,1-3H3,(H,33,38)(H,34,37)/t19-,21-/m0/s1. The molecule has 1 aliphatic carbocycles. The van der Waals surface area contributed by atoms with Crippen LogP contribution in [0.2, 0.25) is 0 Å². The van der Waals surface area contributed by atoms with Crippen LogP contribution in [0.1, 0.15) is 56.2 Å². The first kappa shape index (κ1) is 28.2. The maximum Gasteiger partial charge on any atom is 0.410 e. The van der Waals surface area contributed by atoms with Gasteiger partial charge in [0.2, 0.25) is 5.91 Å². The monoisotopic (exact) mass is 567 g/mol. The first-order valence-electron chi connectivity index (χ1n) is 13.4. The first-order valence-corrected chi connectivity index (χ1v) is 13.4. The Morgan fingerprint density at radius 3 is 2.56 bits per heavy atom. The summed E-state index contributed by atoms with van der Waals surface area (Å²) in [6, 6.07) is 9.07. The molecular weight excluding hydrogens is 536 g/mol. The molecule has 1 aromatic carbocycles. The Kier molecular flexibility index (Phi) is 7.50. The van der Waals surface area contributed by atoms with E-state index < -0.39 is 46.7 Å². The molecule has 2 aromatic heterocycles. The average Bonchev–Trinajstić information content (AvgIpc) is 3.53. The lowest BCUT2D eigenvalue weighted by atomic mass is 9.90. The lowest BCUT2D eigenvalue weighted by molar-refractivity contribution is -0.128. The third-order valence-corrected chi connectivity index (χ3v) is 7.12. The number of ether oxygens (including phenoxy) is 1. The van der Waals surface area contributed by atoms with E-state index in [-0.39, 0.29) is 42.4 Å². The van der Waals surface area contributed by atoms with Crippen molar-refractivity contribution in [2.75, 3.05) is 13.1 Å². The number of hydrogen-bond donors (Lipinski definition) is 2. The number of carbonyl (C=O) groups is 3. The summed E-state index contributed by atoms with van der Waals surface area (Å²) in [6.45, 7) is 5.55. The van der Waals surface area contributed by atoms with E-state index in [1.807, 2.05) is 12.1 Å². The highest BCUT2D eigenvalue weighted by atomic mass is 19.1. The molecule has 2 fully saturated rings. The Labute approximate surface area is 235 Å². The van der Waals surface area contributed by atoms with Crippen LogP contribution in [0.5, 0.6) is 0 Å². The van der Waals surface area contributed by atoms with Crippen molar-refractivity contribution in [1.29, 1.82) is 0 Å². The van der Waals surface area contributed by atoms with Crippen LogP contribution in [-0.4, -0.2) is 57.7 Å². The second-order valence-corrected chi connectivity index (χ2v) is 11.4. The van der Waals surface area contributed by atoms with Gasteiger partial charge >= 0.3 is 6.09 Å². The zero-order valence-corrected chi connectivity index (χ0v) is 22.9. The zero-order chi connectivity index (χ0) is 29.4. The quantitative estimate of drug-likeness (QED) is 0.458. The normalized spacial score (nSPS) is 19.8. The number of hydrogen-bond acceptors (Lipinski definition) is 7. The highest BCUT2D eigenvalue weighted by Gasteiger charge is 2.49. The summed E-state index contributed by atoms with van der Waals surface area (Å²) in [7, 11) is 0. The van der Waals surface area contributed by atoms with Crippen molar-refractivity contribution in [3.8, 4) is 11.3 Å². The summed E-state index contributed by atoms with van der Waals surface area (Å²) < 4.78 is 38.2. The molecule has 216 valence electrons. The van der Waals surface area contributed by atoms with Gasteiger partial charge in [0, 0.05) is 37.5 Å². The number of nitrogens with one attached hydrogen (secondary N) is 2. The van der Waals surface area contributed by atoms with Crippen LogP contribution in [0.25, 0.3) is 11.3 Å². The van der Waals surface area contributed by atoms with Crippen LogP contribution in [0, 0.1) is 17.6 Å². The number of aromatic nitrogens is 2. The predicted octanol–water partition coefficient (Wildman–Crippen LogP) is 4.18. The molecule has 5 rings (SSSR count). The molecule has 3 amide bonds. The molecule has 2 N–H and O–H groups in total. The number of pyridine rings is 1. The van der Waals surface area contributed by atoms with Crippen molar-refractivity contribution >= 4 is 17.9 Å². The van der Waals surface area contributed by atoms with E-state index in [1.165, 1.54) is 17.0 Å². The van der Waals surface area contributed by atoms with Gasteiger partial charge in [-0.3, -0.25) is 14.6 Å². The van der Waals surface area contributed by atoms with Gasteiger partial charge in [-0.25, -0.2) is 13.6 Å². The molecule has 3 heterocycles. The smallest absolute Gasteiger partial charge is 0.410 e. The molecule has 10 nitrogen and oxygen atoms in total. The van der Waals surface area contributed by atoms with E-state index in [4.69, 9.17) is 9.26 Å². The lowest BCUT2D eigenvalue weighted by Crippen LogP contribution is -2.58. The summed E-state index contributed by atoms with van der Waals surface area (Å²) in [5.41, 5.74) is -0.751. The largest absolute Gasteiger partial charge is 0.444 e. The summed E-state index contributed by atoms with van der Waals surface area (Å²) in [4.78, 5) is 45.5. The molecule has 0 unspecified atom stereocenters.